The predicted octanol–water partition coefficient (Wildman–Crippen LogP) is 2.16. The van der Waals surface area contributed by atoms with Crippen molar-refractivity contribution in [3.8, 4) is 0 Å². The van der Waals surface area contributed by atoms with Gasteiger partial charge in [0.25, 0.3) is 0 Å². The van der Waals surface area contributed by atoms with Crippen LogP contribution in [0.25, 0.3) is 11.2 Å². The number of hydrogen-bond acceptors (Lipinski definition) is 6. The molecule has 3 aromatic rings. The SMILES string of the molecule is O=C1CC[C@]2(CCCN(c3ncnc4nc[nH]c34)C2)CN1Cc1cccnc1. The van der Waals surface area contributed by atoms with Crippen LogP contribution in [-0.4, -0.2) is 55.4 Å². The molecule has 28 heavy (non-hydrogen) atoms. The Balaban J connectivity index is 1.38. The van der Waals surface area contributed by atoms with E-state index in [1.165, 1.54) is 0 Å². The van der Waals surface area contributed by atoms with Gasteiger partial charge in [-0.15, -0.1) is 0 Å². The third-order valence-corrected chi connectivity index (χ3v) is 6.01. The summed E-state index contributed by atoms with van der Waals surface area (Å²) < 4.78 is 0. The summed E-state index contributed by atoms with van der Waals surface area (Å²) in [7, 11) is 0. The molecule has 0 bridgehead atoms. The van der Waals surface area contributed by atoms with E-state index in [1.807, 2.05) is 23.2 Å². The lowest BCUT2D eigenvalue weighted by molar-refractivity contribution is -0.138. The Morgan fingerprint density at radius 3 is 3.04 bits per heavy atom. The number of hydrogen-bond donors (Lipinski definition) is 1. The van der Waals surface area contributed by atoms with Crippen LogP contribution in [0, 0.1) is 5.41 Å². The van der Waals surface area contributed by atoms with Crippen LogP contribution in [0.5, 0.6) is 0 Å². The van der Waals surface area contributed by atoms with Crippen LogP contribution in [0.4, 0.5) is 5.82 Å². The molecule has 1 atom stereocenters. The van der Waals surface area contributed by atoms with Gasteiger partial charge in [0, 0.05) is 50.4 Å². The van der Waals surface area contributed by atoms with Gasteiger partial charge in [-0.05, 0) is 30.9 Å². The maximum absolute atomic E-state index is 12.6. The van der Waals surface area contributed by atoms with Gasteiger partial charge in [0.15, 0.2) is 11.5 Å². The molecule has 2 fully saturated rings. The highest BCUT2D eigenvalue weighted by Gasteiger charge is 2.42. The fourth-order valence-corrected chi connectivity index (χ4v) is 4.67. The van der Waals surface area contributed by atoms with Gasteiger partial charge in [-0.2, -0.15) is 0 Å². The molecular weight excluding hydrogens is 354 g/mol. The van der Waals surface area contributed by atoms with Gasteiger partial charge in [0.2, 0.25) is 5.91 Å². The Morgan fingerprint density at radius 1 is 1.18 bits per heavy atom. The molecule has 1 N–H and O–H groups in total. The second-order valence-electron chi connectivity index (χ2n) is 7.93. The van der Waals surface area contributed by atoms with Gasteiger partial charge in [-0.1, -0.05) is 6.07 Å². The normalized spacial score (nSPS) is 22.9. The first kappa shape index (κ1) is 17.1. The molecular formula is C20H23N7O. The first-order valence-electron chi connectivity index (χ1n) is 9.78. The Hall–Kier alpha value is -3.03. The predicted molar refractivity (Wildman–Crippen MR) is 104 cm³/mol. The number of H-pyrrole nitrogens is 1. The van der Waals surface area contributed by atoms with Crippen molar-refractivity contribution in [2.75, 3.05) is 24.5 Å². The van der Waals surface area contributed by atoms with E-state index in [2.05, 4.69) is 29.8 Å². The number of anilines is 1. The van der Waals surface area contributed by atoms with Crippen molar-refractivity contribution in [3.05, 3.63) is 42.7 Å². The smallest absolute Gasteiger partial charge is 0.222 e. The summed E-state index contributed by atoms with van der Waals surface area (Å²) in [6, 6.07) is 3.96. The quantitative estimate of drug-likeness (QED) is 0.752. The molecule has 144 valence electrons. The highest BCUT2D eigenvalue weighted by Crippen LogP contribution is 2.40. The minimum atomic E-state index is 0.103. The third kappa shape index (κ3) is 3.08. The van der Waals surface area contributed by atoms with Crippen LogP contribution in [-0.2, 0) is 11.3 Å². The van der Waals surface area contributed by atoms with Crippen molar-refractivity contribution in [1.29, 1.82) is 0 Å². The molecule has 2 saturated heterocycles. The zero-order valence-corrected chi connectivity index (χ0v) is 15.7. The molecule has 3 aromatic heterocycles. The lowest BCUT2D eigenvalue weighted by Gasteiger charge is -2.48. The number of likely N-dealkylation sites (tertiary alicyclic amines) is 1. The van der Waals surface area contributed by atoms with Crippen LogP contribution in [0.1, 0.15) is 31.2 Å². The Morgan fingerprint density at radius 2 is 2.14 bits per heavy atom. The fraction of sp³-hybridized carbons (Fsp3) is 0.450. The van der Waals surface area contributed by atoms with Gasteiger partial charge in [0.05, 0.1) is 6.33 Å². The van der Waals surface area contributed by atoms with E-state index in [9.17, 15) is 4.79 Å². The summed E-state index contributed by atoms with van der Waals surface area (Å²) in [6.07, 6.45) is 10.6. The van der Waals surface area contributed by atoms with Crippen LogP contribution in [0.15, 0.2) is 37.2 Å². The summed E-state index contributed by atoms with van der Waals surface area (Å²) in [4.78, 5) is 37.3. The number of amides is 1. The Labute approximate surface area is 163 Å². The molecule has 1 amide bonds. The molecule has 2 aliphatic heterocycles. The molecule has 8 nitrogen and oxygen atoms in total. The second-order valence-corrected chi connectivity index (χ2v) is 7.93. The Bertz CT molecular complexity index is 988. The number of fused-ring (bicyclic) bond motifs is 1. The summed E-state index contributed by atoms with van der Waals surface area (Å²) in [5, 5.41) is 0. The van der Waals surface area contributed by atoms with E-state index in [1.54, 1.807) is 18.9 Å². The minimum Gasteiger partial charge on any atom is -0.354 e. The van der Waals surface area contributed by atoms with Crippen LogP contribution >= 0.6 is 0 Å². The Kier molecular flexibility index (Phi) is 4.18. The molecule has 0 radical (unpaired) electrons. The maximum atomic E-state index is 12.6. The van der Waals surface area contributed by atoms with Gasteiger partial charge >= 0.3 is 0 Å². The number of rotatable bonds is 3. The molecule has 1 spiro atoms. The largest absolute Gasteiger partial charge is 0.354 e. The molecule has 5 rings (SSSR count). The van der Waals surface area contributed by atoms with Crippen molar-refractivity contribution >= 4 is 22.9 Å². The number of aromatic nitrogens is 5. The van der Waals surface area contributed by atoms with E-state index in [0.717, 1.165) is 55.8 Å². The molecule has 0 aliphatic carbocycles. The van der Waals surface area contributed by atoms with Crippen molar-refractivity contribution < 1.29 is 4.79 Å². The van der Waals surface area contributed by atoms with Crippen molar-refractivity contribution in [1.82, 2.24) is 29.8 Å². The molecule has 8 heteroatoms. The maximum Gasteiger partial charge on any atom is 0.222 e. The average molecular weight is 377 g/mol. The highest BCUT2D eigenvalue weighted by molar-refractivity contribution is 5.83. The topological polar surface area (TPSA) is 90.9 Å². The van der Waals surface area contributed by atoms with Gasteiger partial charge in [0.1, 0.15) is 11.8 Å². The summed E-state index contributed by atoms with van der Waals surface area (Å²) >= 11 is 0. The van der Waals surface area contributed by atoms with Crippen molar-refractivity contribution in [2.45, 2.75) is 32.2 Å². The van der Waals surface area contributed by atoms with Crippen molar-refractivity contribution in [2.24, 2.45) is 5.41 Å². The highest BCUT2D eigenvalue weighted by atomic mass is 16.2. The van der Waals surface area contributed by atoms with Crippen LogP contribution in [0.3, 0.4) is 0 Å². The number of nitrogens with one attached hydrogen (secondary N) is 1. The average Bonchev–Trinajstić information content (AvgIpc) is 3.21. The number of carbonyl (C=O) groups is 1. The first-order valence-corrected chi connectivity index (χ1v) is 9.78. The van der Waals surface area contributed by atoms with Crippen LogP contribution < -0.4 is 4.90 Å². The molecule has 2 aliphatic rings. The van der Waals surface area contributed by atoms with E-state index in [4.69, 9.17) is 0 Å². The van der Waals surface area contributed by atoms with Crippen molar-refractivity contribution in [3.63, 3.8) is 0 Å². The number of nitrogens with zero attached hydrogens (tertiary/aromatic N) is 6. The molecule has 5 heterocycles. The van der Waals surface area contributed by atoms with E-state index < -0.39 is 0 Å². The lowest BCUT2D eigenvalue weighted by Crippen LogP contribution is -2.54. The lowest BCUT2D eigenvalue weighted by atomic mass is 9.73. The number of imidazole rings is 1. The number of piperidine rings is 2. The number of pyridine rings is 1. The molecule has 0 aromatic carbocycles. The van der Waals surface area contributed by atoms with E-state index in [0.29, 0.717) is 18.6 Å². The van der Waals surface area contributed by atoms with Gasteiger partial charge in [-0.3, -0.25) is 9.78 Å². The third-order valence-electron chi connectivity index (χ3n) is 6.01. The zero-order chi connectivity index (χ0) is 19.0. The first-order chi connectivity index (χ1) is 13.7. The summed E-state index contributed by atoms with van der Waals surface area (Å²) in [5.74, 6) is 1.15. The van der Waals surface area contributed by atoms with E-state index >= 15 is 0 Å². The van der Waals surface area contributed by atoms with Gasteiger partial charge in [-0.25, -0.2) is 15.0 Å². The van der Waals surface area contributed by atoms with Crippen LogP contribution in [0.2, 0.25) is 0 Å². The second kappa shape index (κ2) is 6.85. The number of aromatic amines is 1. The van der Waals surface area contributed by atoms with E-state index in [-0.39, 0.29) is 11.3 Å². The fourth-order valence-electron chi connectivity index (χ4n) is 4.67. The summed E-state index contributed by atoms with van der Waals surface area (Å²) in [5.41, 5.74) is 2.77. The summed E-state index contributed by atoms with van der Waals surface area (Å²) in [6.45, 7) is 3.28. The monoisotopic (exact) mass is 377 g/mol. The number of carbonyl (C=O) groups excluding carboxylic acids is 1. The van der Waals surface area contributed by atoms with Gasteiger partial charge < -0.3 is 14.8 Å². The standard InChI is InChI=1S/C20H23N7O/c28-16-4-6-20(12-27(16)10-15-3-1-7-21-9-15)5-2-8-26(11-20)19-17-18(23-13-22-17)24-14-25-19/h1,3,7,9,13-14H,2,4-6,8,10-12H2,(H,22,23,24,25)/t20-/m0/s1. The minimum absolute atomic E-state index is 0.103. The molecule has 0 unspecified atom stereocenters. The zero-order valence-electron chi connectivity index (χ0n) is 15.7. The molecule has 0 saturated carbocycles.